The number of nitrogens with one attached hydrogen (secondary N) is 1. The summed E-state index contributed by atoms with van der Waals surface area (Å²) in [4.78, 5) is 29.8. The lowest BCUT2D eigenvalue weighted by Crippen LogP contribution is -2.08. The van der Waals surface area contributed by atoms with Gasteiger partial charge in [0.1, 0.15) is 0 Å². The van der Waals surface area contributed by atoms with E-state index in [1.165, 1.54) is 24.4 Å². The molecule has 4 rings (SSSR count). The highest BCUT2D eigenvalue weighted by Gasteiger charge is 2.11. The molecule has 0 radical (unpaired) electrons. The first kappa shape index (κ1) is 22.3. The van der Waals surface area contributed by atoms with Crippen molar-refractivity contribution in [1.29, 1.82) is 0 Å². The monoisotopic (exact) mass is 456 g/mol. The number of phenols is 2. The molecule has 0 aliphatic heterocycles. The average Bonchev–Trinajstić information content (AvgIpc) is 2.82. The van der Waals surface area contributed by atoms with E-state index in [1.54, 1.807) is 36.4 Å². The van der Waals surface area contributed by atoms with Crippen molar-refractivity contribution in [3.8, 4) is 28.5 Å². The highest BCUT2D eigenvalue weighted by Crippen LogP contribution is 2.28. The molecule has 5 N–H and O–H groups in total. The van der Waals surface area contributed by atoms with Crippen LogP contribution in [0.3, 0.4) is 0 Å². The molecule has 8 heteroatoms. The van der Waals surface area contributed by atoms with Crippen LogP contribution in [0, 0.1) is 0 Å². The number of carboxylic acids is 1. The number of nitrogens with zero attached hydrogens (tertiary/aromatic N) is 1. The van der Waals surface area contributed by atoms with Gasteiger partial charge in [0.2, 0.25) is 5.88 Å². The van der Waals surface area contributed by atoms with E-state index in [-0.39, 0.29) is 23.9 Å². The van der Waals surface area contributed by atoms with Gasteiger partial charge in [-0.1, -0.05) is 36.4 Å². The zero-order chi connectivity index (χ0) is 24.2. The van der Waals surface area contributed by atoms with Crippen molar-refractivity contribution >= 4 is 29.0 Å². The molecule has 1 aromatic heterocycles. The van der Waals surface area contributed by atoms with E-state index in [9.17, 15) is 24.9 Å². The van der Waals surface area contributed by atoms with Crippen LogP contribution in [0.15, 0.2) is 76.5 Å². The van der Waals surface area contributed by atoms with Crippen molar-refractivity contribution in [2.45, 2.75) is 6.54 Å². The predicted octanol–water partition coefficient (Wildman–Crippen LogP) is 4.03. The minimum absolute atomic E-state index is 0.179. The normalized spacial score (nSPS) is 11.5. The van der Waals surface area contributed by atoms with Crippen molar-refractivity contribution in [1.82, 2.24) is 4.98 Å². The Labute approximate surface area is 193 Å². The molecule has 0 spiro atoms. The first-order chi connectivity index (χ1) is 16.3. The second-order valence-electron chi connectivity index (χ2n) is 7.56. The molecule has 0 atom stereocenters. The second kappa shape index (κ2) is 9.33. The molecule has 0 unspecified atom stereocenters. The number of phenolic OH excluding ortho intramolecular Hbond substituents is 2. The summed E-state index contributed by atoms with van der Waals surface area (Å²) in [6.45, 7) is 0.179. The van der Waals surface area contributed by atoms with Gasteiger partial charge in [0.15, 0.2) is 11.5 Å². The van der Waals surface area contributed by atoms with Gasteiger partial charge in [-0.15, -0.1) is 0 Å². The summed E-state index contributed by atoms with van der Waals surface area (Å²) in [5.41, 5.74) is 2.92. The number of pyridine rings is 1. The van der Waals surface area contributed by atoms with Gasteiger partial charge in [0.25, 0.3) is 5.56 Å². The smallest absolute Gasteiger partial charge is 0.328 e. The number of aromatic amines is 1. The maximum atomic E-state index is 12.4. The lowest BCUT2D eigenvalue weighted by molar-refractivity contribution is -0.131. The third-order valence-electron chi connectivity index (χ3n) is 5.24. The molecule has 0 amide bonds. The molecular weight excluding hydrogens is 436 g/mol. The molecular formula is C26H20N2O6. The Morgan fingerprint density at radius 2 is 1.62 bits per heavy atom. The molecule has 0 bridgehead atoms. The van der Waals surface area contributed by atoms with Crippen molar-refractivity contribution in [3.05, 3.63) is 93.8 Å². The molecule has 0 aliphatic rings. The summed E-state index contributed by atoms with van der Waals surface area (Å²) in [6, 6.07) is 16.8. The predicted molar refractivity (Wildman–Crippen MR) is 129 cm³/mol. The quantitative estimate of drug-likeness (QED) is 0.168. The Morgan fingerprint density at radius 1 is 0.882 bits per heavy atom. The fraction of sp³-hybridized carbons (Fsp3) is 0.0385. The average molecular weight is 456 g/mol. The van der Waals surface area contributed by atoms with Gasteiger partial charge in [-0.05, 0) is 52.6 Å². The summed E-state index contributed by atoms with van der Waals surface area (Å²) in [5, 5.41) is 39.1. The number of fused-ring (bicyclic) bond motifs is 1. The molecule has 8 nitrogen and oxygen atoms in total. The Hall–Kier alpha value is -4.85. The Balaban J connectivity index is 1.70. The van der Waals surface area contributed by atoms with Crippen molar-refractivity contribution in [2.24, 2.45) is 4.99 Å². The van der Waals surface area contributed by atoms with Gasteiger partial charge in [-0.3, -0.25) is 14.8 Å². The van der Waals surface area contributed by atoms with E-state index < -0.39 is 11.5 Å². The standard InChI is InChI=1S/C26H20N2O6/c29-22-9-3-16(11-23(22)30)13-27-14-21-20-12-18(7-8-19(20)25(33)28-26(21)34)17-5-1-15(2-6-17)4-10-24(31)32/h1-12,14,29-30H,13H2,(H,31,32)(H2,28,33,34). The third-order valence-corrected chi connectivity index (χ3v) is 5.24. The van der Waals surface area contributed by atoms with Crippen LogP contribution < -0.4 is 5.56 Å². The molecule has 4 aromatic rings. The van der Waals surface area contributed by atoms with Gasteiger partial charge in [-0.25, -0.2) is 4.79 Å². The molecule has 170 valence electrons. The fourth-order valence-electron chi connectivity index (χ4n) is 3.51. The zero-order valence-electron chi connectivity index (χ0n) is 17.8. The Morgan fingerprint density at radius 3 is 2.32 bits per heavy atom. The second-order valence-corrected chi connectivity index (χ2v) is 7.56. The summed E-state index contributed by atoms with van der Waals surface area (Å²) in [7, 11) is 0. The first-order valence-corrected chi connectivity index (χ1v) is 10.2. The summed E-state index contributed by atoms with van der Waals surface area (Å²) >= 11 is 0. The highest BCUT2D eigenvalue weighted by atomic mass is 16.4. The minimum atomic E-state index is -1.03. The van der Waals surface area contributed by atoms with Crippen molar-refractivity contribution in [2.75, 3.05) is 0 Å². The number of carboxylic acid groups (broad SMARTS) is 1. The van der Waals surface area contributed by atoms with Crippen LogP contribution in [0.25, 0.3) is 28.0 Å². The summed E-state index contributed by atoms with van der Waals surface area (Å²) in [5.74, 6) is -1.82. The van der Waals surface area contributed by atoms with Crippen LogP contribution >= 0.6 is 0 Å². The van der Waals surface area contributed by atoms with Crippen molar-refractivity contribution in [3.63, 3.8) is 0 Å². The zero-order valence-corrected chi connectivity index (χ0v) is 17.8. The number of hydrogen-bond donors (Lipinski definition) is 5. The van der Waals surface area contributed by atoms with E-state index in [0.29, 0.717) is 21.9 Å². The van der Waals surface area contributed by atoms with E-state index in [2.05, 4.69) is 9.98 Å². The van der Waals surface area contributed by atoms with Crippen LogP contribution in [0.2, 0.25) is 0 Å². The third kappa shape index (κ3) is 4.81. The number of H-pyrrole nitrogens is 1. The number of aromatic nitrogens is 1. The first-order valence-electron chi connectivity index (χ1n) is 10.2. The molecule has 0 aliphatic carbocycles. The molecule has 3 aromatic carbocycles. The van der Waals surface area contributed by atoms with Crippen molar-refractivity contribution < 1.29 is 25.2 Å². The minimum Gasteiger partial charge on any atom is -0.504 e. The number of aliphatic imine (C=N–C) groups is 1. The van der Waals surface area contributed by atoms with Gasteiger partial charge in [0, 0.05) is 23.1 Å². The maximum absolute atomic E-state index is 12.4. The highest BCUT2D eigenvalue weighted by molar-refractivity contribution is 6.02. The van der Waals surface area contributed by atoms with Gasteiger partial charge in [-0.2, -0.15) is 0 Å². The van der Waals surface area contributed by atoms with Gasteiger partial charge in [0.05, 0.1) is 12.1 Å². The number of aromatic hydroxyl groups is 3. The number of aliphatic carboxylic acids is 1. The largest absolute Gasteiger partial charge is 0.504 e. The van der Waals surface area contributed by atoms with Crippen LogP contribution in [0.4, 0.5) is 0 Å². The SMILES string of the molecule is O=C(O)C=Cc1ccc(-c2ccc3c(=O)[nH]c(O)c(C=NCc4ccc(O)c(O)c4)c3c2)cc1. The van der Waals surface area contributed by atoms with Crippen LogP contribution in [0.5, 0.6) is 17.4 Å². The lowest BCUT2D eigenvalue weighted by atomic mass is 9.99. The van der Waals surface area contributed by atoms with Gasteiger partial charge >= 0.3 is 5.97 Å². The summed E-state index contributed by atoms with van der Waals surface area (Å²) < 4.78 is 0. The summed E-state index contributed by atoms with van der Waals surface area (Å²) in [6.07, 6.45) is 4.00. The van der Waals surface area contributed by atoms with E-state index >= 15 is 0 Å². The number of rotatable bonds is 6. The van der Waals surface area contributed by atoms with Crippen LogP contribution in [0.1, 0.15) is 16.7 Å². The topological polar surface area (TPSA) is 143 Å². The van der Waals surface area contributed by atoms with E-state index in [0.717, 1.165) is 22.8 Å². The number of hydrogen-bond acceptors (Lipinski definition) is 6. The Kier molecular flexibility index (Phi) is 6.13. The molecule has 0 fully saturated rings. The molecule has 1 heterocycles. The molecule has 34 heavy (non-hydrogen) atoms. The number of carbonyl (C=O) groups is 1. The number of benzene rings is 3. The molecule has 0 saturated carbocycles. The van der Waals surface area contributed by atoms with E-state index in [4.69, 9.17) is 5.11 Å². The van der Waals surface area contributed by atoms with Gasteiger partial charge < -0.3 is 20.4 Å². The lowest BCUT2D eigenvalue weighted by Gasteiger charge is -2.08. The van der Waals surface area contributed by atoms with E-state index in [1.807, 2.05) is 12.1 Å². The van der Waals surface area contributed by atoms with Crippen LogP contribution in [-0.2, 0) is 11.3 Å². The Bertz CT molecular complexity index is 1500. The fourth-order valence-corrected chi connectivity index (χ4v) is 3.51. The maximum Gasteiger partial charge on any atom is 0.328 e. The molecule has 0 saturated heterocycles. The van der Waals surface area contributed by atoms with Crippen LogP contribution in [-0.4, -0.2) is 37.6 Å².